The summed E-state index contributed by atoms with van der Waals surface area (Å²) in [5.41, 5.74) is 4.48. The molecule has 0 aromatic heterocycles. The van der Waals surface area contributed by atoms with Crippen LogP contribution >= 0.6 is 0 Å². The van der Waals surface area contributed by atoms with E-state index >= 15 is 0 Å². The first-order chi connectivity index (χ1) is 9.43. The number of nitrogens with two attached hydrogens (primary N) is 1. The number of hydrazine groups is 1. The number of anilines is 1. The first-order valence-electron chi connectivity index (χ1n) is 6.59. The molecule has 0 saturated carbocycles. The van der Waals surface area contributed by atoms with Crippen LogP contribution in [0.1, 0.15) is 36.2 Å². The van der Waals surface area contributed by atoms with Gasteiger partial charge < -0.3 is 16.1 Å². The molecule has 1 aromatic carbocycles. The number of aryl methyl sites for hydroxylation is 1. The highest BCUT2D eigenvalue weighted by molar-refractivity contribution is 5.99. The maximum absolute atomic E-state index is 12.0. The number of hydrogen-bond acceptors (Lipinski definition) is 4. The van der Waals surface area contributed by atoms with Crippen molar-refractivity contribution in [3.05, 3.63) is 29.3 Å². The molecule has 6 nitrogen and oxygen atoms in total. The van der Waals surface area contributed by atoms with Gasteiger partial charge in [-0.1, -0.05) is 11.6 Å². The standard InChI is InChI=1S/C14H22N4O2/c1-9(2)17-13(19)6-7-16-14(20)11-8-10(3)4-5-12(11)18-15/h4-5,8-9,18H,6-7,15H2,1-3H3,(H,16,20)(H,17,19). The van der Waals surface area contributed by atoms with Crippen LogP contribution in [0.3, 0.4) is 0 Å². The summed E-state index contributed by atoms with van der Waals surface area (Å²) in [6, 6.07) is 5.46. The van der Waals surface area contributed by atoms with Gasteiger partial charge >= 0.3 is 0 Å². The minimum absolute atomic E-state index is 0.0817. The molecule has 0 saturated heterocycles. The normalized spacial score (nSPS) is 10.2. The predicted octanol–water partition coefficient (Wildman–Crippen LogP) is 0.925. The summed E-state index contributed by atoms with van der Waals surface area (Å²) in [5.74, 6) is 5.04. The molecular formula is C14H22N4O2. The SMILES string of the molecule is Cc1ccc(NN)c(C(=O)NCCC(=O)NC(C)C)c1. The number of hydrogen-bond donors (Lipinski definition) is 4. The summed E-state index contributed by atoms with van der Waals surface area (Å²) in [4.78, 5) is 23.5. The summed E-state index contributed by atoms with van der Waals surface area (Å²) in [7, 11) is 0. The Kier molecular flexibility index (Phi) is 5.99. The molecule has 0 aliphatic rings. The number of nitrogen functional groups attached to an aromatic ring is 1. The van der Waals surface area contributed by atoms with Gasteiger partial charge in [-0.25, -0.2) is 0 Å². The molecule has 0 fully saturated rings. The Morgan fingerprint density at radius 2 is 2.00 bits per heavy atom. The molecule has 1 aromatic rings. The van der Waals surface area contributed by atoms with Gasteiger partial charge in [0.1, 0.15) is 0 Å². The Balaban J connectivity index is 2.55. The van der Waals surface area contributed by atoms with Crippen molar-refractivity contribution in [1.29, 1.82) is 0 Å². The highest BCUT2D eigenvalue weighted by atomic mass is 16.2. The Hall–Kier alpha value is -2.08. The lowest BCUT2D eigenvalue weighted by Gasteiger charge is -2.11. The summed E-state index contributed by atoms with van der Waals surface area (Å²) < 4.78 is 0. The van der Waals surface area contributed by atoms with E-state index in [4.69, 9.17) is 5.84 Å². The summed E-state index contributed by atoms with van der Waals surface area (Å²) in [6.07, 6.45) is 0.251. The number of carbonyl (C=O) groups is 2. The van der Waals surface area contributed by atoms with Gasteiger partial charge in [0.2, 0.25) is 5.91 Å². The molecular weight excluding hydrogens is 256 g/mol. The van der Waals surface area contributed by atoms with Crippen molar-refractivity contribution in [3.63, 3.8) is 0 Å². The molecule has 0 radical (unpaired) electrons. The van der Waals surface area contributed by atoms with E-state index < -0.39 is 0 Å². The van der Waals surface area contributed by atoms with Crippen molar-refractivity contribution in [3.8, 4) is 0 Å². The van der Waals surface area contributed by atoms with Crippen molar-refractivity contribution >= 4 is 17.5 Å². The van der Waals surface area contributed by atoms with Crippen LogP contribution in [0, 0.1) is 6.92 Å². The smallest absolute Gasteiger partial charge is 0.253 e. The van der Waals surface area contributed by atoms with E-state index in [1.807, 2.05) is 26.8 Å². The molecule has 20 heavy (non-hydrogen) atoms. The van der Waals surface area contributed by atoms with Crippen LogP contribution in [-0.2, 0) is 4.79 Å². The van der Waals surface area contributed by atoms with E-state index in [-0.39, 0.29) is 30.8 Å². The zero-order chi connectivity index (χ0) is 15.1. The molecule has 0 aliphatic carbocycles. The molecule has 0 aliphatic heterocycles. The first-order valence-corrected chi connectivity index (χ1v) is 6.59. The van der Waals surface area contributed by atoms with Gasteiger partial charge in [0, 0.05) is 19.0 Å². The minimum Gasteiger partial charge on any atom is -0.354 e. The quantitative estimate of drug-likeness (QED) is 0.459. The van der Waals surface area contributed by atoms with Crippen LogP contribution in [-0.4, -0.2) is 24.4 Å². The monoisotopic (exact) mass is 278 g/mol. The van der Waals surface area contributed by atoms with Crippen LogP contribution < -0.4 is 21.9 Å². The average molecular weight is 278 g/mol. The minimum atomic E-state index is -0.251. The zero-order valence-electron chi connectivity index (χ0n) is 12.1. The Morgan fingerprint density at radius 1 is 1.30 bits per heavy atom. The second kappa shape index (κ2) is 7.49. The number of amides is 2. The predicted molar refractivity (Wildman–Crippen MR) is 79.2 cm³/mol. The van der Waals surface area contributed by atoms with Gasteiger partial charge in [-0.15, -0.1) is 0 Å². The molecule has 5 N–H and O–H groups in total. The van der Waals surface area contributed by atoms with E-state index in [9.17, 15) is 9.59 Å². The second-order valence-electron chi connectivity index (χ2n) is 4.92. The lowest BCUT2D eigenvalue weighted by molar-refractivity contribution is -0.121. The highest BCUT2D eigenvalue weighted by Gasteiger charge is 2.11. The fourth-order valence-corrected chi connectivity index (χ4v) is 1.75. The molecule has 0 bridgehead atoms. The van der Waals surface area contributed by atoms with Crippen molar-refractivity contribution in [1.82, 2.24) is 10.6 Å². The van der Waals surface area contributed by atoms with E-state index in [2.05, 4.69) is 16.1 Å². The number of benzene rings is 1. The lowest BCUT2D eigenvalue weighted by Crippen LogP contribution is -2.34. The summed E-state index contributed by atoms with van der Waals surface area (Å²) in [6.45, 7) is 5.97. The van der Waals surface area contributed by atoms with Crippen LogP contribution in [0.15, 0.2) is 18.2 Å². The largest absolute Gasteiger partial charge is 0.354 e. The van der Waals surface area contributed by atoms with Gasteiger partial charge in [-0.05, 0) is 32.9 Å². The van der Waals surface area contributed by atoms with Gasteiger partial charge in [-0.3, -0.25) is 15.4 Å². The maximum atomic E-state index is 12.0. The molecule has 2 amide bonds. The second-order valence-corrected chi connectivity index (χ2v) is 4.92. The molecule has 0 atom stereocenters. The van der Waals surface area contributed by atoms with Crippen molar-refractivity contribution in [2.45, 2.75) is 33.2 Å². The third-order valence-electron chi connectivity index (χ3n) is 2.66. The molecule has 1 rings (SSSR count). The van der Waals surface area contributed by atoms with Crippen LogP contribution in [0.25, 0.3) is 0 Å². The summed E-state index contributed by atoms with van der Waals surface area (Å²) in [5, 5.41) is 5.48. The Morgan fingerprint density at radius 3 is 2.60 bits per heavy atom. The molecule has 110 valence electrons. The zero-order valence-corrected chi connectivity index (χ0v) is 12.1. The topological polar surface area (TPSA) is 96.2 Å². The van der Waals surface area contributed by atoms with Crippen LogP contribution in [0.2, 0.25) is 0 Å². The fraction of sp³-hybridized carbons (Fsp3) is 0.429. The van der Waals surface area contributed by atoms with E-state index in [1.165, 1.54) is 0 Å². The van der Waals surface area contributed by atoms with E-state index in [1.54, 1.807) is 12.1 Å². The number of carbonyl (C=O) groups excluding carboxylic acids is 2. The average Bonchev–Trinajstić information content (AvgIpc) is 2.37. The third-order valence-corrected chi connectivity index (χ3v) is 2.66. The third kappa shape index (κ3) is 4.89. The first kappa shape index (κ1) is 16.0. The van der Waals surface area contributed by atoms with Crippen LogP contribution in [0.5, 0.6) is 0 Å². The van der Waals surface area contributed by atoms with E-state index in [0.29, 0.717) is 11.3 Å². The van der Waals surface area contributed by atoms with Gasteiger partial charge in [-0.2, -0.15) is 0 Å². The lowest BCUT2D eigenvalue weighted by atomic mass is 10.1. The Bertz CT molecular complexity index is 486. The van der Waals surface area contributed by atoms with Gasteiger partial charge in [0.05, 0.1) is 11.3 Å². The molecule has 0 spiro atoms. The molecule has 0 heterocycles. The molecule has 6 heteroatoms. The Labute approximate surface area is 119 Å². The van der Waals surface area contributed by atoms with E-state index in [0.717, 1.165) is 5.56 Å². The van der Waals surface area contributed by atoms with Gasteiger partial charge in [0.15, 0.2) is 0 Å². The van der Waals surface area contributed by atoms with Crippen molar-refractivity contribution in [2.24, 2.45) is 5.84 Å². The van der Waals surface area contributed by atoms with Gasteiger partial charge in [0.25, 0.3) is 5.91 Å². The number of nitrogens with one attached hydrogen (secondary N) is 3. The van der Waals surface area contributed by atoms with Crippen molar-refractivity contribution in [2.75, 3.05) is 12.0 Å². The fourth-order valence-electron chi connectivity index (χ4n) is 1.75. The number of rotatable bonds is 6. The summed E-state index contributed by atoms with van der Waals surface area (Å²) >= 11 is 0. The van der Waals surface area contributed by atoms with Crippen molar-refractivity contribution < 1.29 is 9.59 Å². The highest BCUT2D eigenvalue weighted by Crippen LogP contribution is 2.15. The van der Waals surface area contributed by atoms with Crippen LogP contribution in [0.4, 0.5) is 5.69 Å². The maximum Gasteiger partial charge on any atom is 0.253 e. The molecule has 0 unspecified atom stereocenters.